The van der Waals surface area contributed by atoms with E-state index in [9.17, 15) is 4.79 Å². The summed E-state index contributed by atoms with van der Waals surface area (Å²) >= 11 is 0. The summed E-state index contributed by atoms with van der Waals surface area (Å²) in [5.41, 5.74) is 1.15. The summed E-state index contributed by atoms with van der Waals surface area (Å²) in [4.78, 5) is 10.9. The standard InChI is InChI=1S/C11H12N2O2/c1-2-9-4-3-5-10(6-9)15-7-11(14)13-8-12/h3-6H,2,7H2,1H3,(H,13,14). The highest BCUT2D eigenvalue weighted by Crippen LogP contribution is 2.13. The molecule has 1 aromatic rings. The fourth-order valence-corrected chi connectivity index (χ4v) is 1.10. The molecule has 0 radical (unpaired) electrons. The largest absolute Gasteiger partial charge is 0.484 e. The van der Waals surface area contributed by atoms with Crippen LogP contribution in [-0.2, 0) is 11.2 Å². The monoisotopic (exact) mass is 204 g/mol. The zero-order chi connectivity index (χ0) is 11.1. The highest BCUT2D eigenvalue weighted by Gasteiger charge is 2.01. The Morgan fingerprint density at radius 1 is 1.60 bits per heavy atom. The van der Waals surface area contributed by atoms with Crippen molar-refractivity contribution in [2.24, 2.45) is 0 Å². The van der Waals surface area contributed by atoms with Crippen LogP contribution in [0, 0.1) is 11.5 Å². The molecule has 4 nitrogen and oxygen atoms in total. The lowest BCUT2D eigenvalue weighted by Crippen LogP contribution is -2.24. The first-order valence-corrected chi connectivity index (χ1v) is 4.66. The van der Waals surface area contributed by atoms with Crippen molar-refractivity contribution < 1.29 is 9.53 Å². The van der Waals surface area contributed by atoms with Crippen LogP contribution in [0.4, 0.5) is 0 Å². The smallest absolute Gasteiger partial charge is 0.270 e. The van der Waals surface area contributed by atoms with Crippen LogP contribution in [0.15, 0.2) is 24.3 Å². The van der Waals surface area contributed by atoms with E-state index in [1.807, 2.05) is 30.4 Å². The quantitative estimate of drug-likeness (QED) is 0.592. The molecule has 0 saturated carbocycles. The Bertz CT molecular complexity index is 382. The highest BCUT2D eigenvalue weighted by atomic mass is 16.5. The number of rotatable bonds is 4. The molecular weight excluding hydrogens is 192 g/mol. The molecule has 15 heavy (non-hydrogen) atoms. The van der Waals surface area contributed by atoms with Crippen LogP contribution in [0.2, 0.25) is 0 Å². The van der Waals surface area contributed by atoms with Crippen molar-refractivity contribution in [2.45, 2.75) is 13.3 Å². The molecule has 1 aromatic carbocycles. The molecule has 78 valence electrons. The number of amides is 1. The SMILES string of the molecule is CCc1cccc(OCC(=O)NC#N)c1. The van der Waals surface area contributed by atoms with Crippen molar-refractivity contribution in [3.05, 3.63) is 29.8 Å². The van der Waals surface area contributed by atoms with Gasteiger partial charge in [-0.05, 0) is 24.1 Å². The number of nitrogens with one attached hydrogen (secondary N) is 1. The molecule has 0 aliphatic heterocycles. The lowest BCUT2D eigenvalue weighted by molar-refractivity contribution is -0.121. The fourth-order valence-electron chi connectivity index (χ4n) is 1.10. The molecule has 0 bridgehead atoms. The van der Waals surface area contributed by atoms with Gasteiger partial charge >= 0.3 is 0 Å². The van der Waals surface area contributed by atoms with Crippen LogP contribution in [0.5, 0.6) is 5.75 Å². The summed E-state index contributed by atoms with van der Waals surface area (Å²) in [6.07, 6.45) is 2.46. The molecule has 1 amide bonds. The lowest BCUT2D eigenvalue weighted by atomic mass is 10.2. The van der Waals surface area contributed by atoms with Gasteiger partial charge in [0.25, 0.3) is 5.91 Å². The van der Waals surface area contributed by atoms with Gasteiger partial charge in [-0.25, -0.2) is 0 Å². The number of carbonyl (C=O) groups is 1. The molecule has 0 saturated heterocycles. The molecular formula is C11H12N2O2. The number of hydrogen-bond donors (Lipinski definition) is 1. The minimum Gasteiger partial charge on any atom is -0.484 e. The summed E-state index contributed by atoms with van der Waals surface area (Å²) in [5.74, 6) is 0.196. The number of nitrogens with zero attached hydrogens (tertiary/aromatic N) is 1. The van der Waals surface area contributed by atoms with E-state index in [2.05, 4.69) is 0 Å². The average Bonchev–Trinajstić information content (AvgIpc) is 2.27. The van der Waals surface area contributed by atoms with Gasteiger partial charge in [0.05, 0.1) is 0 Å². The minimum atomic E-state index is -0.445. The Kier molecular flexibility index (Phi) is 4.17. The molecule has 4 heteroatoms. The Morgan fingerprint density at radius 2 is 2.40 bits per heavy atom. The van der Waals surface area contributed by atoms with E-state index >= 15 is 0 Å². The summed E-state index contributed by atoms with van der Waals surface area (Å²) in [6.45, 7) is 1.90. The number of benzene rings is 1. The number of hydrogen-bond acceptors (Lipinski definition) is 3. The van der Waals surface area contributed by atoms with Gasteiger partial charge in [0.15, 0.2) is 12.8 Å². The summed E-state index contributed by atoms with van der Waals surface area (Å²) in [6, 6.07) is 7.51. The second kappa shape index (κ2) is 5.66. The predicted octanol–water partition coefficient (Wildman–Crippen LogP) is 1.23. The average molecular weight is 204 g/mol. The maximum Gasteiger partial charge on any atom is 0.270 e. The minimum absolute atomic E-state index is 0.138. The molecule has 0 fully saturated rings. The van der Waals surface area contributed by atoms with E-state index < -0.39 is 5.91 Å². The van der Waals surface area contributed by atoms with Crippen molar-refractivity contribution >= 4 is 5.91 Å². The van der Waals surface area contributed by atoms with Crippen LogP contribution < -0.4 is 10.1 Å². The summed E-state index contributed by atoms with van der Waals surface area (Å²) < 4.78 is 5.20. The van der Waals surface area contributed by atoms with Crippen molar-refractivity contribution in [3.8, 4) is 11.9 Å². The van der Waals surface area contributed by atoms with E-state index in [-0.39, 0.29) is 6.61 Å². The molecule has 0 heterocycles. The molecule has 0 aromatic heterocycles. The fraction of sp³-hybridized carbons (Fsp3) is 0.273. The highest BCUT2D eigenvalue weighted by molar-refractivity contribution is 5.78. The molecule has 0 atom stereocenters. The van der Waals surface area contributed by atoms with E-state index in [4.69, 9.17) is 10.00 Å². The Balaban J connectivity index is 2.51. The molecule has 0 aliphatic carbocycles. The van der Waals surface area contributed by atoms with Gasteiger partial charge in [-0.15, -0.1) is 0 Å². The number of nitriles is 1. The van der Waals surface area contributed by atoms with E-state index in [0.29, 0.717) is 5.75 Å². The molecule has 0 spiro atoms. The second-order valence-electron chi connectivity index (χ2n) is 2.95. The third-order valence-corrected chi connectivity index (χ3v) is 1.87. The van der Waals surface area contributed by atoms with Gasteiger partial charge in [0.2, 0.25) is 0 Å². The summed E-state index contributed by atoms with van der Waals surface area (Å²) in [5, 5.41) is 10.2. The van der Waals surface area contributed by atoms with Gasteiger partial charge in [0, 0.05) is 0 Å². The Morgan fingerprint density at radius 3 is 3.07 bits per heavy atom. The van der Waals surface area contributed by atoms with Gasteiger partial charge in [-0.3, -0.25) is 10.1 Å². The molecule has 0 aliphatic rings. The third kappa shape index (κ3) is 3.69. The van der Waals surface area contributed by atoms with Crippen LogP contribution in [0.1, 0.15) is 12.5 Å². The van der Waals surface area contributed by atoms with Crippen LogP contribution in [-0.4, -0.2) is 12.5 Å². The normalized spacial score (nSPS) is 9.07. The first-order valence-electron chi connectivity index (χ1n) is 4.66. The van der Waals surface area contributed by atoms with Crippen LogP contribution in [0.25, 0.3) is 0 Å². The Labute approximate surface area is 88.5 Å². The number of aryl methyl sites for hydroxylation is 1. The second-order valence-corrected chi connectivity index (χ2v) is 2.95. The molecule has 1 N–H and O–H groups in total. The number of ether oxygens (including phenoxy) is 1. The molecule has 0 unspecified atom stereocenters. The maximum atomic E-state index is 10.9. The van der Waals surface area contributed by atoms with Gasteiger partial charge < -0.3 is 4.74 Å². The summed E-state index contributed by atoms with van der Waals surface area (Å²) in [7, 11) is 0. The van der Waals surface area contributed by atoms with E-state index in [1.54, 1.807) is 12.3 Å². The van der Waals surface area contributed by atoms with Crippen LogP contribution in [0.3, 0.4) is 0 Å². The van der Waals surface area contributed by atoms with Gasteiger partial charge in [0.1, 0.15) is 5.75 Å². The molecule has 1 rings (SSSR count). The van der Waals surface area contributed by atoms with Gasteiger partial charge in [-0.2, -0.15) is 5.26 Å². The van der Waals surface area contributed by atoms with Gasteiger partial charge in [-0.1, -0.05) is 19.1 Å². The zero-order valence-corrected chi connectivity index (χ0v) is 8.49. The maximum absolute atomic E-state index is 10.9. The lowest BCUT2D eigenvalue weighted by Gasteiger charge is -2.05. The Hall–Kier alpha value is -2.02. The van der Waals surface area contributed by atoms with Crippen molar-refractivity contribution in [1.82, 2.24) is 5.32 Å². The van der Waals surface area contributed by atoms with E-state index in [0.717, 1.165) is 12.0 Å². The van der Waals surface area contributed by atoms with Crippen LogP contribution >= 0.6 is 0 Å². The van der Waals surface area contributed by atoms with Crippen molar-refractivity contribution in [3.63, 3.8) is 0 Å². The van der Waals surface area contributed by atoms with Crippen molar-refractivity contribution in [2.75, 3.05) is 6.61 Å². The first kappa shape index (κ1) is 11.1. The van der Waals surface area contributed by atoms with Crippen molar-refractivity contribution in [1.29, 1.82) is 5.26 Å². The predicted molar refractivity (Wildman–Crippen MR) is 55.1 cm³/mol. The first-order chi connectivity index (χ1) is 7.26. The zero-order valence-electron chi connectivity index (χ0n) is 8.49. The third-order valence-electron chi connectivity index (χ3n) is 1.87. The topological polar surface area (TPSA) is 62.1 Å². The number of carbonyl (C=O) groups excluding carboxylic acids is 1. The van der Waals surface area contributed by atoms with E-state index in [1.165, 1.54) is 0 Å².